The monoisotopic (exact) mass is 705 g/mol. The minimum Gasteiger partial charge on any atom is -0.457 e. The first-order chi connectivity index (χ1) is 27.0. The second-order valence-electron chi connectivity index (χ2n) is 15.2. The van der Waals surface area contributed by atoms with Crippen molar-refractivity contribution < 1.29 is 4.74 Å². The zero-order valence-corrected chi connectivity index (χ0v) is 30.5. The van der Waals surface area contributed by atoms with Gasteiger partial charge in [0.15, 0.2) is 5.82 Å². The van der Waals surface area contributed by atoms with Crippen molar-refractivity contribution in [2.75, 3.05) is 0 Å². The van der Waals surface area contributed by atoms with Gasteiger partial charge in [0.05, 0.1) is 16.8 Å². The van der Waals surface area contributed by atoms with Crippen LogP contribution in [0.2, 0.25) is 0 Å². The largest absolute Gasteiger partial charge is 0.457 e. The average Bonchev–Trinajstić information content (AvgIpc) is 3.36. The van der Waals surface area contributed by atoms with Gasteiger partial charge in [-0.2, -0.15) is 0 Å². The number of ether oxygens (including phenoxy) is 1. The third kappa shape index (κ3) is 4.61. The fourth-order valence-electron chi connectivity index (χ4n) is 9.28. The van der Waals surface area contributed by atoms with Crippen LogP contribution in [0, 0.1) is 0 Å². The molecule has 6 aromatic carbocycles. The van der Waals surface area contributed by atoms with Gasteiger partial charge in [-0.3, -0.25) is 4.98 Å². The summed E-state index contributed by atoms with van der Waals surface area (Å²) >= 11 is 0. The molecule has 0 saturated heterocycles. The molecular weight excluding hydrogens is 671 g/mol. The lowest BCUT2D eigenvalue weighted by atomic mass is 9.61. The molecule has 0 bridgehead atoms. The number of pyridine rings is 1. The van der Waals surface area contributed by atoms with E-state index in [4.69, 9.17) is 14.7 Å². The number of benzene rings is 6. The van der Waals surface area contributed by atoms with Crippen molar-refractivity contribution in [3.05, 3.63) is 209 Å². The molecule has 4 nitrogen and oxygen atoms in total. The molecule has 0 N–H and O–H groups in total. The molecule has 0 fully saturated rings. The molecule has 1 aliphatic heterocycles. The summed E-state index contributed by atoms with van der Waals surface area (Å²) in [6.45, 7) is 4.66. The Hall–Kier alpha value is -6.91. The molecule has 11 rings (SSSR count). The third-order valence-electron chi connectivity index (χ3n) is 11.9. The van der Waals surface area contributed by atoms with Gasteiger partial charge in [0.1, 0.15) is 11.5 Å². The molecule has 8 aromatic rings. The molecule has 3 heterocycles. The first kappa shape index (κ1) is 31.6. The summed E-state index contributed by atoms with van der Waals surface area (Å²) in [5.41, 5.74) is 15.8. The SMILES string of the molecule is CC1(C)c2ccccc2-c2cc3c(cc21)Oc1ccccc1C31c2ccccc2C=Cc2ccc(-c3cc(-c4cccnc4)nc(-c4ccccc4)n3)cc21. The number of para-hydroxylation sites is 1. The number of hydrogen-bond donors (Lipinski definition) is 0. The maximum Gasteiger partial charge on any atom is 0.160 e. The number of hydrogen-bond acceptors (Lipinski definition) is 4. The van der Waals surface area contributed by atoms with E-state index in [-0.39, 0.29) is 5.41 Å². The Kier molecular flexibility index (Phi) is 6.78. The molecule has 1 spiro atoms. The fraction of sp³-hybridized carbons (Fsp3) is 0.0784. The highest BCUT2D eigenvalue weighted by molar-refractivity contribution is 5.89. The summed E-state index contributed by atoms with van der Waals surface area (Å²) in [6, 6.07) is 54.2. The van der Waals surface area contributed by atoms with E-state index in [1.165, 1.54) is 38.9 Å². The van der Waals surface area contributed by atoms with Crippen LogP contribution in [-0.2, 0) is 10.8 Å². The molecule has 1 atom stereocenters. The van der Waals surface area contributed by atoms with Gasteiger partial charge in [-0.1, -0.05) is 135 Å². The number of rotatable bonds is 3. The summed E-state index contributed by atoms with van der Waals surface area (Å²) in [5, 5.41) is 0. The number of fused-ring (bicyclic) bond motifs is 11. The van der Waals surface area contributed by atoms with Crippen molar-refractivity contribution in [1.29, 1.82) is 0 Å². The van der Waals surface area contributed by atoms with Crippen LogP contribution in [0.5, 0.6) is 11.5 Å². The summed E-state index contributed by atoms with van der Waals surface area (Å²) in [4.78, 5) is 14.7. The van der Waals surface area contributed by atoms with Crippen molar-refractivity contribution in [3.8, 4) is 56.5 Å². The highest BCUT2D eigenvalue weighted by Crippen LogP contribution is 2.61. The number of nitrogens with zero attached hydrogens (tertiary/aromatic N) is 3. The van der Waals surface area contributed by atoms with E-state index in [1.54, 1.807) is 6.20 Å². The summed E-state index contributed by atoms with van der Waals surface area (Å²) in [6.07, 6.45) is 8.19. The minimum absolute atomic E-state index is 0.169. The molecule has 1 unspecified atom stereocenters. The molecule has 0 amide bonds. The summed E-state index contributed by atoms with van der Waals surface area (Å²) in [5.74, 6) is 2.42. The minimum atomic E-state index is -0.714. The molecule has 2 aromatic heterocycles. The quantitative estimate of drug-likeness (QED) is 0.184. The van der Waals surface area contributed by atoms with Crippen LogP contribution in [0.25, 0.3) is 57.2 Å². The van der Waals surface area contributed by atoms with Gasteiger partial charge < -0.3 is 4.74 Å². The lowest BCUT2D eigenvalue weighted by molar-refractivity contribution is 0.433. The molecule has 260 valence electrons. The fourth-order valence-corrected chi connectivity index (χ4v) is 9.28. The maximum absolute atomic E-state index is 6.99. The average molecular weight is 706 g/mol. The van der Waals surface area contributed by atoms with Gasteiger partial charge in [-0.15, -0.1) is 0 Å². The molecule has 2 aliphatic carbocycles. The van der Waals surface area contributed by atoms with Crippen molar-refractivity contribution in [2.45, 2.75) is 24.7 Å². The highest BCUT2D eigenvalue weighted by atomic mass is 16.5. The normalized spacial score (nSPS) is 16.5. The Morgan fingerprint density at radius 1 is 0.455 bits per heavy atom. The van der Waals surface area contributed by atoms with Crippen molar-refractivity contribution in [2.24, 2.45) is 0 Å². The molecule has 3 aliphatic rings. The second kappa shape index (κ2) is 11.8. The van der Waals surface area contributed by atoms with E-state index < -0.39 is 5.41 Å². The predicted octanol–water partition coefficient (Wildman–Crippen LogP) is 12.2. The first-order valence-corrected chi connectivity index (χ1v) is 18.8. The summed E-state index contributed by atoms with van der Waals surface area (Å²) in [7, 11) is 0. The molecule has 0 saturated carbocycles. The topological polar surface area (TPSA) is 47.9 Å². The highest BCUT2D eigenvalue weighted by Gasteiger charge is 2.49. The molecule has 4 heteroatoms. The smallest absolute Gasteiger partial charge is 0.160 e. The van der Waals surface area contributed by atoms with E-state index in [2.05, 4.69) is 158 Å². The van der Waals surface area contributed by atoms with Gasteiger partial charge in [-0.05, 0) is 87.0 Å². The zero-order chi connectivity index (χ0) is 36.7. The van der Waals surface area contributed by atoms with Gasteiger partial charge in [0.2, 0.25) is 0 Å². The van der Waals surface area contributed by atoms with Gasteiger partial charge >= 0.3 is 0 Å². The summed E-state index contributed by atoms with van der Waals surface area (Å²) < 4.78 is 6.99. The third-order valence-corrected chi connectivity index (χ3v) is 11.9. The lowest BCUT2D eigenvalue weighted by Crippen LogP contribution is -2.35. The van der Waals surface area contributed by atoms with Crippen molar-refractivity contribution in [3.63, 3.8) is 0 Å². The second-order valence-corrected chi connectivity index (χ2v) is 15.2. The Morgan fingerprint density at radius 3 is 1.96 bits per heavy atom. The van der Waals surface area contributed by atoms with Gasteiger partial charge in [0.25, 0.3) is 0 Å². The van der Waals surface area contributed by atoms with E-state index in [0.29, 0.717) is 5.82 Å². The lowest BCUT2D eigenvalue weighted by Gasteiger charge is -2.43. The molecule has 0 radical (unpaired) electrons. The van der Waals surface area contributed by atoms with Crippen molar-refractivity contribution in [1.82, 2.24) is 15.0 Å². The van der Waals surface area contributed by atoms with Crippen LogP contribution in [0.1, 0.15) is 58.4 Å². The zero-order valence-electron chi connectivity index (χ0n) is 30.5. The first-order valence-electron chi connectivity index (χ1n) is 18.8. The Labute approximate surface area is 320 Å². The van der Waals surface area contributed by atoms with Crippen LogP contribution >= 0.6 is 0 Å². The van der Waals surface area contributed by atoms with E-state index in [9.17, 15) is 0 Å². The Morgan fingerprint density at radius 2 is 1.15 bits per heavy atom. The molecule has 55 heavy (non-hydrogen) atoms. The van der Waals surface area contributed by atoms with Crippen LogP contribution in [0.4, 0.5) is 0 Å². The van der Waals surface area contributed by atoms with Crippen LogP contribution in [0.3, 0.4) is 0 Å². The van der Waals surface area contributed by atoms with Crippen LogP contribution < -0.4 is 4.74 Å². The van der Waals surface area contributed by atoms with Gasteiger partial charge in [0, 0.05) is 45.6 Å². The predicted molar refractivity (Wildman–Crippen MR) is 221 cm³/mol. The van der Waals surface area contributed by atoms with E-state index in [1.807, 2.05) is 30.5 Å². The van der Waals surface area contributed by atoms with E-state index in [0.717, 1.165) is 56.3 Å². The van der Waals surface area contributed by atoms with Crippen LogP contribution in [-0.4, -0.2) is 15.0 Å². The Balaban J connectivity index is 1.23. The van der Waals surface area contributed by atoms with Gasteiger partial charge in [-0.25, -0.2) is 9.97 Å². The molecular formula is C51H35N3O. The Bertz CT molecular complexity index is 2820. The van der Waals surface area contributed by atoms with Crippen molar-refractivity contribution >= 4 is 12.2 Å². The van der Waals surface area contributed by atoms with E-state index >= 15 is 0 Å². The van der Waals surface area contributed by atoms with Crippen LogP contribution in [0.15, 0.2) is 164 Å². The standard InChI is InChI=1S/C51H35N3O/c1-50(2)40-19-9-7-17-37(40)38-28-44-48(29-43(38)50)55-47-21-11-10-20-41(47)51(44)39-18-8-6-13-32(39)22-23-33-24-25-35(27-42(33)51)45-30-46(36-16-12-26-52-31-36)54-49(53-45)34-14-4-3-5-15-34/h3-31H,1-2H3. The maximum atomic E-state index is 6.99. The number of aromatic nitrogens is 3.